The first kappa shape index (κ1) is 18.4. The standard InChI is InChI=1S/C20H29NO4/c1-2-3-4-11-24-21-13-17-16(18-9-10-19(17)25-18)12-14-5-7-15(8-6-14)20(22)23/h5-8,16-19,21H,2-4,9-13H2,1H3,(H,22,23). The Labute approximate surface area is 149 Å². The number of hydroxylamine groups is 1. The summed E-state index contributed by atoms with van der Waals surface area (Å²) in [6.45, 7) is 3.77. The van der Waals surface area contributed by atoms with Gasteiger partial charge in [0.1, 0.15) is 0 Å². The molecule has 0 radical (unpaired) electrons. The second kappa shape index (κ2) is 8.79. The minimum absolute atomic E-state index is 0.330. The van der Waals surface area contributed by atoms with Gasteiger partial charge in [0.25, 0.3) is 0 Å². The molecule has 2 fully saturated rings. The third-order valence-electron chi connectivity index (χ3n) is 5.53. The first-order chi connectivity index (χ1) is 12.2. The van der Waals surface area contributed by atoms with Crippen LogP contribution in [0, 0.1) is 11.8 Å². The molecule has 2 heterocycles. The quantitative estimate of drug-likeness (QED) is 0.501. The highest BCUT2D eigenvalue weighted by Gasteiger charge is 2.48. The van der Waals surface area contributed by atoms with Gasteiger partial charge in [0, 0.05) is 12.5 Å². The average Bonchev–Trinajstić information content (AvgIpc) is 3.21. The summed E-state index contributed by atoms with van der Waals surface area (Å²) in [5.74, 6) is 0.0577. The van der Waals surface area contributed by atoms with Crippen LogP contribution in [-0.2, 0) is 16.0 Å². The van der Waals surface area contributed by atoms with Crippen molar-refractivity contribution in [2.75, 3.05) is 13.2 Å². The van der Waals surface area contributed by atoms with Crippen LogP contribution in [0.5, 0.6) is 0 Å². The number of benzene rings is 1. The Morgan fingerprint density at radius 2 is 1.92 bits per heavy atom. The van der Waals surface area contributed by atoms with Gasteiger partial charge in [-0.2, -0.15) is 0 Å². The predicted octanol–water partition coefficient (Wildman–Crippen LogP) is 3.43. The molecular formula is C20H29NO4. The van der Waals surface area contributed by atoms with E-state index in [0.717, 1.165) is 38.8 Å². The van der Waals surface area contributed by atoms with E-state index >= 15 is 0 Å². The molecule has 2 saturated heterocycles. The number of aromatic carboxylic acids is 1. The van der Waals surface area contributed by atoms with E-state index in [1.165, 1.54) is 18.4 Å². The summed E-state index contributed by atoms with van der Waals surface area (Å²) >= 11 is 0. The minimum Gasteiger partial charge on any atom is -0.478 e. The van der Waals surface area contributed by atoms with Gasteiger partial charge in [-0.15, -0.1) is 0 Å². The van der Waals surface area contributed by atoms with E-state index in [4.69, 9.17) is 14.7 Å². The summed E-state index contributed by atoms with van der Waals surface area (Å²) in [6.07, 6.45) is 7.37. The molecule has 4 atom stereocenters. The normalized spacial score (nSPS) is 27.7. The van der Waals surface area contributed by atoms with Gasteiger partial charge >= 0.3 is 5.97 Å². The fourth-order valence-electron chi connectivity index (χ4n) is 4.14. The first-order valence-corrected chi connectivity index (χ1v) is 9.51. The molecule has 25 heavy (non-hydrogen) atoms. The van der Waals surface area contributed by atoms with Crippen LogP contribution in [0.3, 0.4) is 0 Å². The van der Waals surface area contributed by atoms with E-state index < -0.39 is 5.97 Å². The number of carboxylic acids is 1. The SMILES string of the molecule is CCCCCONCC1C2CCC(O2)C1Cc1ccc(C(=O)O)cc1. The molecule has 5 nitrogen and oxygen atoms in total. The third kappa shape index (κ3) is 4.60. The molecule has 2 bridgehead atoms. The number of rotatable bonds is 10. The van der Waals surface area contributed by atoms with Crippen LogP contribution in [-0.4, -0.2) is 36.4 Å². The molecule has 0 aliphatic carbocycles. The lowest BCUT2D eigenvalue weighted by Gasteiger charge is -2.28. The number of hydrogen-bond acceptors (Lipinski definition) is 4. The van der Waals surface area contributed by atoms with Crippen LogP contribution in [0.15, 0.2) is 24.3 Å². The van der Waals surface area contributed by atoms with Crippen molar-refractivity contribution in [2.45, 2.75) is 57.7 Å². The summed E-state index contributed by atoms with van der Waals surface area (Å²) in [7, 11) is 0. The molecule has 0 aromatic heterocycles. The van der Waals surface area contributed by atoms with Crippen molar-refractivity contribution in [3.05, 3.63) is 35.4 Å². The first-order valence-electron chi connectivity index (χ1n) is 9.51. The Balaban J connectivity index is 1.52. The van der Waals surface area contributed by atoms with E-state index in [2.05, 4.69) is 12.4 Å². The van der Waals surface area contributed by atoms with Gasteiger partial charge in [0.15, 0.2) is 0 Å². The zero-order chi connectivity index (χ0) is 17.6. The molecule has 1 aromatic carbocycles. The van der Waals surface area contributed by atoms with Gasteiger partial charge in [-0.25, -0.2) is 10.3 Å². The van der Waals surface area contributed by atoms with E-state index in [9.17, 15) is 4.79 Å². The lowest BCUT2D eigenvalue weighted by molar-refractivity contribution is 0.0180. The van der Waals surface area contributed by atoms with Gasteiger partial charge in [-0.1, -0.05) is 31.9 Å². The molecule has 2 aliphatic heterocycles. The van der Waals surface area contributed by atoms with Crippen molar-refractivity contribution >= 4 is 5.97 Å². The Bertz CT molecular complexity index is 559. The van der Waals surface area contributed by atoms with Gasteiger partial charge < -0.3 is 14.7 Å². The summed E-state index contributed by atoms with van der Waals surface area (Å²) < 4.78 is 6.14. The summed E-state index contributed by atoms with van der Waals surface area (Å²) in [6, 6.07) is 7.24. The van der Waals surface area contributed by atoms with Gasteiger partial charge in [-0.05, 0) is 49.3 Å². The monoisotopic (exact) mass is 347 g/mol. The molecule has 5 heteroatoms. The average molecular weight is 347 g/mol. The van der Waals surface area contributed by atoms with Crippen molar-refractivity contribution in [2.24, 2.45) is 11.8 Å². The number of carboxylic acid groups (broad SMARTS) is 1. The molecular weight excluding hydrogens is 318 g/mol. The van der Waals surface area contributed by atoms with E-state index in [1.807, 2.05) is 12.1 Å². The molecule has 0 saturated carbocycles. The van der Waals surface area contributed by atoms with Crippen LogP contribution in [0.25, 0.3) is 0 Å². The fourth-order valence-corrected chi connectivity index (χ4v) is 4.14. The van der Waals surface area contributed by atoms with E-state index in [-0.39, 0.29) is 0 Å². The second-order valence-electron chi connectivity index (χ2n) is 7.23. The highest BCUT2D eigenvalue weighted by atomic mass is 16.6. The number of carbonyl (C=O) groups is 1. The van der Waals surface area contributed by atoms with Gasteiger partial charge in [-0.3, -0.25) is 0 Å². The Morgan fingerprint density at radius 3 is 2.60 bits per heavy atom. The molecule has 2 N–H and O–H groups in total. The van der Waals surface area contributed by atoms with E-state index in [0.29, 0.717) is 29.6 Å². The number of nitrogens with one attached hydrogen (secondary N) is 1. The highest BCUT2D eigenvalue weighted by Crippen LogP contribution is 2.44. The smallest absolute Gasteiger partial charge is 0.335 e. The van der Waals surface area contributed by atoms with Crippen molar-refractivity contribution in [3.8, 4) is 0 Å². The maximum atomic E-state index is 11.0. The number of fused-ring (bicyclic) bond motifs is 2. The van der Waals surface area contributed by atoms with Crippen molar-refractivity contribution in [1.29, 1.82) is 0 Å². The fraction of sp³-hybridized carbons (Fsp3) is 0.650. The van der Waals surface area contributed by atoms with E-state index in [1.54, 1.807) is 12.1 Å². The summed E-state index contributed by atoms with van der Waals surface area (Å²) in [5.41, 5.74) is 4.67. The van der Waals surface area contributed by atoms with Crippen LogP contribution in [0.2, 0.25) is 0 Å². The number of unbranched alkanes of at least 4 members (excludes halogenated alkanes) is 2. The van der Waals surface area contributed by atoms with Crippen LogP contribution < -0.4 is 5.48 Å². The zero-order valence-corrected chi connectivity index (χ0v) is 14.9. The maximum Gasteiger partial charge on any atom is 0.335 e. The molecule has 3 rings (SSSR count). The Morgan fingerprint density at radius 1 is 1.20 bits per heavy atom. The minimum atomic E-state index is -0.878. The lowest BCUT2D eigenvalue weighted by Crippen LogP contribution is -2.36. The maximum absolute atomic E-state index is 11.0. The third-order valence-corrected chi connectivity index (χ3v) is 5.53. The molecule has 0 spiro atoms. The van der Waals surface area contributed by atoms with Gasteiger partial charge in [0.05, 0.1) is 24.4 Å². The van der Waals surface area contributed by atoms with Crippen molar-refractivity contribution in [1.82, 2.24) is 5.48 Å². The van der Waals surface area contributed by atoms with Crippen LogP contribution in [0.1, 0.15) is 54.9 Å². The number of ether oxygens (including phenoxy) is 1. The Kier molecular flexibility index (Phi) is 6.45. The second-order valence-corrected chi connectivity index (χ2v) is 7.23. The topological polar surface area (TPSA) is 67.8 Å². The Hall–Kier alpha value is -1.43. The van der Waals surface area contributed by atoms with Crippen LogP contribution in [0.4, 0.5) is 0 Å². The largest absolute Gasteiger partial charge is 0.478 e. The summed E-state index contributed by atoms with van der Waals surface area (Å²) in [4.78, 5) is 16.6. The molecule has 1 aromatic rings. The van der Waals surface area contributed by atoms with Gasteiger partial charge in [0.2, 0.25) is 0 Å². The molecule has 4 unspecified atom stereocenters. The molecule has 2 aliphatic rings. The highest BCUT2D eigenvalue weighted by molar-refractivity contribution is 5.87. The van der Waals surface area contributed by atoms with Crippen molar-refractivity contribution < 1.29 is 19.5 Å². The zero-order valence-electron chi connectivity index (χ0n) is 14.9. The molecule has 0 amide bonds. The number of hydrogen-bond donors (Lipinski definition) is 2. The summed E-state index contributed by atoms with van der Waals surface area (Å²) in [5, 5.41) is 9.02. The van der Waals surface area contributed by atoms with Crippen molar-refractivity contribution in [3.63, 3.8) is 0 Å². The molecule has 138 valence electrons. The lowest BCUT2D eigenvalue weighted by atomic mass is 9.76. The van der Waals surface area contributed by atoms with Crippen LogP contribution >= 0.6 is 0 Å². The predicted molar refractivity (Wildman–Crippen MR) is 95.5 cm³/mol.